The number of amides is 1. The standard InChI is InChI=1S/C29H35F2N7O5S/c1-2-43-25(39)19-44(41,42)35-20-3-4-21(22(17-20)36-12-7-28(5-6-28)8-13-36)26(40)33-23-18-24-32-11-16-38(24)27(34-23)37-14-9-29(30,31)10-15-37/h3-4,11,16-18,35H,2,5-10,12-15,19H2,1H3,(H,33,40). The second-order valence-electron chi connectivity index (χ2n) is 11.8. The Morgan fingerprint density at radius 2 is 1.70 bits per heavy atom. The highest BCUT2D eigenvalue weighted by Gasteiger charge is 2.44. The van der Waals surface area contributed by atoms with Crippen molar-refractivity contribution in [3.63, 3.8) is 0 Å². The Hall–Kier alpha value is -4.01. The summed E-state index contributed by atoms with van der Waals surface area (Å²) in [6.07, 6.45) is 7.02. The molecule has 236 valence electrons. The van der Waals surface area contributed by atoms with Crippen molar-refractivity contribution in [1.29, 1.82) is 0 Å². The van der Waals surface area contributed by atoms with Gasteiger partial charge in [0, 0.05) is 57.5 Å². The molecule has 1 aromatic carbocycles. The minimum absolute atomic E-state index is 0.0661. The van der Waals surface area contributed by atoms with E-state index >= 15 is 0 Å². The molecule has 15 heteroatoms. The molecule has 3 aliphatic rings. The van der Waals surface area contributed by atoms with Gasteiger partial charge < -0.3 is 19.9 Å². The molecule has 2 N–H and O–H groups in total. The molecule has 3 aromatic rings. The zero-order valence-electron chi connectivity index (χ0n) is 24.4. The number of carbonyl (C=O) groups is 2. The third kappa shape index (κ3) is 6.56. The van der Waals surface area contributed by atoms with Gasteiger partial charge in [-0.3, -0.25) is 18.7 Å². The highest BCUT2D eigenvalue weighted by Crippen LogP contribution is 2.54. The largest absolute Gasteiger partial charge is 0.465 e. The first-order valence-corrected chi connectivity index (χ1v) is 16.4. The molecule has 0 atom stereocenters. The first-order chi connectivity index (χ1) is 20.9. The van der Waals surface area contributed by atoms with Crippen LogP contribution in [0.5, 0.6) is 0 Å². The number of benzene rings is 1. The minimum atomic E-state index is -4.05. The van der Waals surface area contributed by atoms with Crippen LogP contribution in [0.15, 0.2) is 36.7 Å². The van der Waals surface area contributed by atoms with Crippen LogP contribution in [0.3, 0.4) is 0 Å². The van der Waals surface area contributed by atoms with E-state index in [-0.39, 0.29) is 44.0 Å². The highest BCUT2D eigenvalue weighted by molar-refractivity contribution is 7.93. The maximum atomic E-state index is 13.8. The van der Waals surface area contributed by atoms with Crippen LogP contribution in [-0.2, 0) is 19.6 Å². The number of sulfonamides is 1. The van der Waals surface area contributed by atoms with E-state index in [1.165, 1.54) is 25.0 Å². The number of halogens is 2. The van der Waals surface area contributed by atoms with E-state index in [2.05, 4.69) is 24.9 Å². The number of ether oxygens (including phenoxy) is 1. The zero-order chi connectivity index (χ0) is 31.1. The number of fused-ring (bicyclic) bond motifs is 1. The number of esters is 1. The van der Waals surface area contributed by atoms with E-state index in [0.717, 1.165) is 12.8 Å². The lowest BCUT2D eigenvalue weighted by Crippen LogP contribution is -2.40. The van der Waals surface area contributed by atoms with E-state index in [1.54, 1.807) is 40.8 Å². The van der Waals surface area contributed by atoms with Gasteiger partial charge in [-0.25, -0.2) is 22.2 Å². The number of carbonyl (C=O) groups excluding carboxylic acids is 2. The first kappa shape index (κ1) is 30.0. The van der Waals surface area contributed by atoms with Crippen molar-refractivity contribution >= 4 is 50.7 Å². The van der Waals surface area contributed by atoms with Gasteiger partial charge in [-0.2, -0.15) is 4.98 Å². The number of piperidine rings is 2. The number of imidazole rings is 1. The number of rotatable bonds is 9. The van der Waals surface area contributed by atoms with Crippen LogP contribution in [0.4, 0.5) is 31.9 Å². The maximum absolute atomic E-state index is 13.8. The molecule has 3 fully saturated rings. The average Bonchev–Trinajstić information content (AvgIpc) is 3.54. The van der Waals surface area contributed by atoms with E-state index in [4.69, 9.17) is 4.74 Å². The first-order valence-electron chi connectivity index (χ1n) is 14.8. The summed E-state index contributed by atoms with van der Waals surface area (Å²) in [6, 6.07) is 6.22. The van der Waals surface area contributed by atoms with Gasteiger partial charge in [-0.15, -0.1) is 0 Å². The van der Waals surface area contributed by atoms with Gasteiger partial charge in [0.25, 0.3) is 11.8 Å². The fourth-order valence-corrected chi connectivity index (χ4v) is 6.88. The SMILES string of the molecule is CCOC(=O)CS(=O)(=O)Nc1ccc(C(=O)Nc2cc3nccn3c(N3CCC(F)(F)CC3)n2)c(N2CCC3(CC2)CC3)c1. The Bertz CT molecular complexity index is 1670. The van der Waals surface area contributed by atoms with Crippen LogP contribution < -0.4 is 19.8 Å². The van der Waals surface area contributed by atoms with Crippen molar-refractivity contribution in [2.45, 2.75) is 51.4 Å². The van der Waals surface area contributed by atoms with Gasteiger partial charge >= 0.3 is 5.97 Å². The van der Waals surface area contributed by atoms with Crippen LogP contribution in [0.2, 0.25) is 0 Å². The predicted molar refractivity (Wildman–Crippen MR) is 161 cm³/mol. The monoisotopic (exact) mass is 631 g/mol. The molecule has 0 bridgehead atoms. The predicted octanol–water partition coefficient (Wildman–Crippen LogP) is 3.90. The summed E-state index contributed by atoms with van der Waals surface area (Å²) in [5.41, 5.74) is 1.95. The van der Waals surface area contributed by atoms with Crippen molar-refractivity contribution in [3.8, 4) is 0 Å². The second kappa shape index (κ2) is 11.5. The molecule has 12 nitrogen and oxygen atoms in total. The molecule has 1 spiro atoms. The summed E-state index contributed by atoms with van der Waals surface area (Å²) < 4.78 is 61.9. The minimum Gasteiger partial charge on any atom is -0.465 e. The van der Waals surface area contributed by atoms with Crippen molar-refractivity contribution in [2.75, 3.05) is 58.4 Å². The number of aromatic nitrogens is 3. The lowest BCUT2D eigenvalue weighted by Gasteiger charge is -2.35. The van der Waals surface area contributed by atoms with Gasteiger partial charge in [-0.05, 0) is 56.2 Å². The number of nitrogens with one attached hydrogen (secondary N) is 2. The van der Waals surface area contributed by atoms with E-state index in [9.17, 15) is 26.8 Å². The summed E-state index contributed by atoms with van der Waals surface area (Å²) in [6.45, 7) is 3.30. The third-order valence-corrected chi connectivity index (χ3v) is 9.80. The van der Waals surface area contributed by atoms with Crippen LogP contribution in [-0.4, -0.2) is 79.1 Å². The van der Waals surface area contributed by atoms with Gasteiger partial charge in [-0.1, -0.05) is 0 Å². The molecule has 4 heterocycles. The van der Waals surface area contributed by atoms with E-state index < -0.39 is 33.6 Å². The van der Waals surface area contributed by atoms with Crippen molar-refractivity contribution < 1.29 is 31.5 Å². The summed E-state index contributed by atoms with van der Waals surface area (Å²) in [4.78, 5) is 38.3. The average molecular weight is 632 g/mol. The fraction of sp³-hybridized carbons (Fsp3) is 0.517. The van der Waals surface area contributed by atoms with Crippen LogP contribution >= 0.6 is 0 Å². The molecule has 44 heavy (non-hydrogen) atoms. The number of nitrogens with zero attached hydrogens (tertiary/aromatic N) is 5. The molecule has 1 aliphatic carbocycles. The molecule has 2 aliphatic heterocycles. The summed E-state index contributed by atoms with van der Waals surface area (Å²) in [7, 11) is -4.05. The Kier molecular flexibility index (Phi) is 7.84. The Labute approximate surface area is 253 Å². The topological polar surface area (TPSA) is 138 Å². The Morgan fingerprint density at radius 1 is 1.00 bits per heavy atom. The van der Waals surface area contributed by atoms with Crippen LogP contribution in [0, 0.1) is 5.41 Å². The molecule has 1 saturated carbocycles. The molecule has 0 radical (unpaired) electrons. The third-order valence-electron chi connectivity index (χ3n) is 8.64. The summed E-state index contributed by atoms with van der Waals surface area (Å²) in [5, 5.41) is 2.85. The zero-order valence-corrected chi connectivity index (χ0v) is 25.2. The number of alkyl halides is 2. The molecular formula is C29H35F2N7O5S. The molecule has 1 amide bonds. The summed E-state index contributed by atoms with van der Waals surface area (Å²) >= 11 is 0. The molecule has 6 rings (SSSR count). The lowest BCUT2D eigenvalue weighted by atomic mass is 9.93. The molecule has 2 aromatic heterocycles. The quantitative estimate of drug-likeness (QED) is 0.337. The van der Waals surface area contributed by atoms with Crippen LogP contribution in [0.1, 0.15) is 55.8 Å². The van der Waals surface area contributed by atoms with E-state index in [0.29, 0.717) is 41.4 Å². The fourth-order valence-electron chi connectivity index (χ4n) is 5.93. The molecule has 2 saturated heterocycles. The van der Waals surface area contributed by atoms with Gasteiger partial charge in [0.1, 0.15) is 11.5 Å². The van der Waals surface area contributed by atoms with Crippen molar-refractivity contribution in [3.05, 3.63) is 42.2 Å². The normalized spacial score (nSPS) is 19.2. The summed E-state index contributed by atoms with van der Waals surface area (Å²) in [5.74, 6) is -4.26. The van der Waals surface area contributed by atoms with Crippen molar-refractivity contribution in [2.24, 2.45) is 5.41 Å². The number of hydrogen-bond acceptors (Lipinski definition) is 9. The highest BCUT2D eigenvalue weighted by atomic mass is 32.2. The molecular weight excluding hydrogens is 596 g/mol. The Balaban J connectivity index is 1.27. The Morgan fingerprint density at radius 3 is 2.39 bits per heavy atom. The van der Waals surface area contributed by atoms with Gasteiger partial charge in [0.2, 0.25) is 16.0 Å². The van der Waals surface area contributed by atoms with Gasteiger partial charge in [0.15, 0.2) is 5.75 Å². The lowest BCUT2D eigenvalue weighted by molar-refractivity contribution is -0.139. The second-order valence-corrected chi connectivity index (χ2v) is 13.5. The van der Waals surface area contributed by atoms with Gasteiger partial charge in [0.05, 0.1) is 23.5 Å². The number of anilines is 4. The van der Waals surface area contributed by atoms with E-state index in [1.807, 2.05) is 0 Å². The van der Waals surface area contributed by atoms with Crippen LogP contribution in [0.25, 0.3) is 5.65 Å². The smallest absolute Gasteiger partial charge is 0.323 e. The molecule has 0 unspecified atom stereocenters. The number of hydrogen-bond donors (Lipinski definition) is 2. The maximum Gasteiger partial charge on any atom is 0.323 e. The van der Waals surface area contributed by atoms with Crippen molar-refractivity contribution in [1.82, 2.24) is 14.4 Å².